The van der Waals surface area contributed by atoms with Crippen molar-refractivity contribution in [2.75, 3.05) is 6.54 Å². The Morgan fingerprint density at radius 2 is 2.14 bits per heavy atom. The fraction of sp³-hybridized carbons (Fsp3) is 0.600. The van der Waals surface area contributed by atoms with Gasteiger partial charge in [0, 0.05) is 12.0 Å². The molecule has 2 atom stereocenters. The van der Waals surface area contributed by atoms with Crippen LogP contribution in [0.15, 0.2) is 10.6 Å². The Morgan fingerprint density at radius 1 is 1.50 bits per heavy atom. The summed E-state index contributed by atoms with van der Waals surface area (Å²) in [5.74, 6) is -1.50. The molecule has 22 heavy (non-hydrogen) atoms. The Bertz CT molecular complexity index is 583. The Hall–Kier alpha value is -1.99. The first-order valence-electron chi connectivity index (χ1n) is 7.09. The number of rotatable bonds is 5. The summed E-state index contributed by atoms with van der Waals surface area (Å²) in [6, 6.07) is 4.02. The van der Waals surface area contributed by atoms with Crippen molar-refractivity contribution in [1.82, 2.24) is 10.6 Å². The fourth-order valence-corrected chi connectivity index (χ4v) is 3.27. The molecule has 118 valence electrons. The summed E-state index contributed by atoms with van der Waals surface area (Å²) in [4.78, 5) is 24.0. The molecule has 1 heterocycles. The summed E-state index contributed by atoms with van der Waals surface area (Å²) in [5.41, 5.74) is -0.549. The van der Waals surface area contributed by atoms with Crippen LogP contribution in [0.1, 0.15) is 34.1 Å². The summed E-state index contributed by atoms with van der Waals surface area (Å²) in [7, 11) is 0. The summed E-state index contributed by atoms with van der Waals surface area (Å²) in [5, 5.41) is 23.8. The van der Waals surface area contributed by atoms with Crippen LogP contribution in [0.5, 0.6) is 0 Å². The number of nitrogens with zero attached hydrogens (tertiary/aromatic N) is 2. The van der Waals surface area contributed by atoms with E-state index in [1.54, 1.807) is 20.8 Å². The van der Waals surface area contributed by atoms with Crippen molar-refractivity contribution in [3.05, 3.63) is 10.6 Å². The van der Waals surface area contributed by atoms with Crippen LogP contribution in [0.3, 0.4) is 0 Å². The molecule has 0 fully saturated rings. The van der Waals surface area contributed by atoms with E-state index in [1.165, 1.54) is 0 Å². The van der Waals surface area contributed by atoms with Gasteiger partial charge in [0.25, 0.3) is 0 Å². The molecule has 7 heteroatoms. The quantitative estimate of drug-likeness (QED) is 0.801. The standard InChI is InChI=1S/C15H20N4O2S/c1-5-6-18-12(20)9(2)22-14-11(8-17)15(3,4)10(7-16)13(21)19-14/h9-10H,5-6H2,1-4H3,(H,18,20)(H,19,21)/t9-,10+/m0/s1. The topological polar surface area (TPSA) is 106 Å². The minimum atomic E-state index is -0.921. The molecule has 2 amide bonds. The van der Waals surface area contributed by atoms with E-state index >= 15 is 0 Å². The lowest BCUT2D eigenvalue weighted by molar-refractivity contribution is -0.125. The van der Waals surface area contributed by atoms with Crippen LogP contribution in [0.2, 0.25) is 0 Å². The highest BCUT2D eigenvalue weighted by Crippen LogP contribution is 2.42. The van der Waals surface area contributed by atoms with Gasteiger partial charge in [0.15, 0.2) is 0 Å². The van der Waals surface area contributed by atoms with Gasteiger partial charge in [-0.2, -0.15) is 10.5 Å². The van der Waals surface area contributed by atoms with Gasteiger partial charge in [-0.05, 0) is 13.3 Å². The van der Waals surface area contributed by atoms with E-state index in [0.29, 0.717) is 17.1 Å². The van der Waals surface area contributed by atoms with E-state index in [4.69, 9.17) is 5.26 Å². The maximum Gasteiger partial charge on any atom is 0.243 e. The third-order valence-corrected chi connectivity index (χ3v) is 4.66. The average Bonchev–Trinajstić information content (AvgIpc) is 2.44. The van der Waals surface area contributed by atoms with Gasteiger partial charge in [0.1, 0.15) is 5.92 Å². The SMILES string of the molecule is CCCNC(=O)[C@H](C)SC1=C(C#N)C(C)(C)[C@H](C#N)C(=O)N1. The van der Waals surface area contributed by atoms with Gasteiger partial charge in [0.05, 0.1) is 28.0 Å². The molecule has 0 bridgehead atoms. The van der Waals surface area contributed by atoms with Crippen molar-refractivity contribution >= 4 is 23.6 Å². The van der Waals surface area contributed by atoms with Crippen molar-refractivity contribution in [2.24, 2.45) is 11.3 Å². The van der Waals surface area contributed by atoms with Gasteiger partial charge in [-0.3, -0.25) is 9.59 Å². The lowest BCUT2D eigenvalue weighted by Crippen LogP contribution is -2.45. The average molecular weight is 320 g/mol. The van der Waals surface area contributed by atoms with Crippen molar-refractivity contribution < 1.29 is 9.59 Å². The van der Waals surface area contributed by atoms with Gasteiger partial charge in [-0.1, -0.05) is 32.5 Å². The van der Waals surface area contributed by atoms with Crippen LogP contribution < -0.4 is 10.6 Å². The predicted octanol–water partition coefficient (Wildman–Crippen LogP) is 1.67. The highest BCUT2D eigenvalue weighted by Gasteiger charge is 2.45. The first kappa shape index (κ1) is 18.1. The number of carbonyl (C=O) groups is 2. The molecule has 0 saturated carbocycles. The molecule has 1 aliphatic heterocycles. The molecule has 0 spiro atoms. The number of nitrogens with one attached hydrogen (secondary N) is 2. The Morgan fingerprint density at radius 3 is 2.64 bits per heavy atom. The summed E-state index contributed by atoms with van der Waals surface area (Å²) >= 11 is 1.13. The van der Waals surface area contributed by atoms with Gasteiger partial charge < -0.3 is 10.6 Å². The van der Waals surface area contributed by atoms with E-state index in [9.17, 15) is 14.9 Å². The van der Waals surface area contributed by atoms with Crippen LogP contribution in [0, 0.1) is 34.0 Å². The molecule has 1 rings (SSSR count). The summed E-state index contributed by atoms with van der Waals surface area (Å²) in [6.45, 7) is 7.65. The van der Waals surface area contributed by atoms with Crippen molar-refractivity contribution in [1.29, 1.82) is 10.5 Å². The zero-order valence-corrected chi connectivity index (χ0v) is 14.0. The number of nitriles is 2. The Kier molecular flexibility index (Phi) is 6.01. The second-order valence-electron chi connectivity index (χ2n) is 5.64. The molecular weight excluding hydrogens is 300 g/mol. The maximum atomic E-state index is 12.0. The number of hydrogen-bond acceptors (Lipinski definition) is 5. The van der Waals surface area contributed by atoms with Gasteiger partial charge in [0.2, 0.25) is 11.8 Å². The smallest absolute Gasteiger partial charge is 0.243 e. The monoisotopic (exact) mass is 320 g/mol. The lowest BCUT2D eigenvalue weighted by Gasteiger charge is -2.35. The van der Waals surface area contributed by atoms with Gasteiger partial charge >= 0.3 is 0 Å². The molecule has 0 unspecified atom stereocenters. The predicted molar refractivity (Wildman–Crippen MR) is 84.0 cm³/mol. The van der Waals surface area contributed by atoms with Crippen LogP contribution in [0.25, 0.3) is 0 Å². The largest absolute Gasteiger partial charge is 0.355 e. The highest BCUT2D eigenvalue weighted by molar-refractivity contribution is 8.04. The van der Waals surface area contributed by atoms with Crippen molar-refractivity contribution in [3.8, 4) is 12.1 Å². The number of thioether (sulfide) groups is 1. The van der Waals surface area contributed by atoms with E-state index in [1.807, 2.05) is 13.0 Å². The van der Waals surface area contributed by atoms with E-state index in [-0.39, 0.29) is 5.91 Å². The van der Waals surface area contributed by atoms with Crippen molar-refractivity contribution in [2.45, 2.75) is 39.4 Å². The molecule has 1 aliphatic rings. The van der Waals surface area contributed by atoms with Gasteiger partial charge in [-0.25, -0.2) is 0 Å². The second kappa shape index (κ2) is 7.33. The first-order chi connectivity index (χ1) is 10.3. The zero-order valence-electron chi connectivity index (χ0n) is 13.2. The molecule has 0 aromatic carbocycles. The Balaban J connectivity index is 3.04. The number of hydrogen-bond donors (Lipinski definition) is 2. The first-order valence-corrected chi connectivity index (χ1v) is 7.97. The molecule has 2 N–H and O–H groups in total. The maximum absolute atomic E-state index is 12.0. The summed E-state index contributed by atoms with van der Waals surface area (Å²) in [6.07, 6.45) is 0.836. The van der Waals surface area contributed by atoms with Crippen LogP contribution in [-0.2, 0) is 9.59 Å². The van der Waals surface area contributed by atoms with Crippen LogP contribution >= 0.6 is 11.8 Å². The third kappa shape index (κ3) is 3.61. The molecular formula is C15H20N4O2S. The van der Waals surface area contributed by atoms with E-state index < -0.39 is 22.5 Å². The second-order valence-corrected chi connectivity index (χ2v) is 6.99. The molecule has 0 aromatic rings. The molecule has 0 radical (unpaired) electrons. The fourth-order valence-electron chi connectivity index (χ4n) is 2.14. The lowest BCUT2D eigenvalue weighted by atomic mass is 9.72. The summed E-state index contributed by atoms with van der Waals surface area (Å²) < 4.78 is 0. The zero-order chi connectivity index (χ0) is 16.9. The minimum Gasteiger partial charge on any atom is -0.355 e. The van der Waals surface area contributed by atoms with E-state index in [0.717, 1.165) is 18.2 Å². The van der Waals surface area contributed by atoms with Gasteiger partial charge in [-0.15, -0.1) is 0 Å². The van der Waals surface area contributed by atoms with Crippen LogP contribution in [0.4, 0.5) is 0 Å². The number of allylic oxidation sites excluding steroid dienone is 1. The molecule has 6 nitrogen and oxygen atoms in total. The molecule has 0 aromatic heterocycles. The van der Waals surface area contributed by atoms with E-state index in [2.05, 4.69) is 16.7 Å². The molecule has 0 aliphatic carbocycles. The normalized spacial score (nSPS) is 21.4. The Labute approximate surface area is 134 Å². The number of amides is 2. The molecule has 0 saturated heterocycles. The third-order valence-electron chi connectivity index (χ3n) is 3.55. The van der Waals surface area contributed by atoms with Crippen LogP contribution in [-0.4, -0.2) is 23.6 Å². The number of carbonyl (C=O) groups excluding carboxylic acids is 2. The van der Waals surface area contributed by atoms with Crippen molar-refractivity contribution in [3.63, 3.8) is 0 Å². The minimum absolute atomic E-state index is 0.147. The highest BCUT2D eigenvalue weighted by atomic mass is 32.2.